The molecule has 6 nitrogen and oxygen atoms in total. The molecule has 0 aromatic carbocycles. The quantitative estimate of drug-likeness (QED) is 0.825. The van der Waals surface area contributed by atoms with Crippen molar-refractivity contribution < 1.29 is 19.4 Å². The van der Waals surface area contributed by atoms with E-state index < -0.39 is 5.97 Å². The molecule has 0 aliphatic rings. The van der Waals surface area contributed by atoms with Crippen LogP contribution in [0.25, 0.3) is 0 Å². The summed E-state index contributed by atoms with van der Waals surface area (Å²) in [4.78, 5) is 28.5. The molecule has 1 N–H and O–H groups in total. The summed E-state index contributed by atoms with van der Waals surface area (Å²) in [5, 5.41) is 9.54. The largest absolute Gasteiger partial charge is 0.477 e. The minimum Gasteiger partial charge on any atom is -0.477 e. The molecular weight excluding hydrogens is 355 g/mol. The van der Waals surface area contributed by atoms with Crippen molar-refractivity contribution in [3.8, 4) is 0 Å². The smallest absolute Gasteiger partial charge is 0.354 e. The molecule has 2 rings (SSSR count). The number of pyridine rings is 2. The number of halogens is 2. The number of nitrogens with zero attached hydrogens (tertiary/aromatic N) is 2. The van der Waals surface area contributed by atoms with Gasteiger partial charge in [0, 0.05) is 29.4 Å². The van der Waals surface area contributed by atoms with Gasteiger partial charge in [0.15, 0.2) is 0 Å². The van der Waals surface area contributed by atoms with Gasteiger partial charge >= 0.3 is 11.9 Å². The number of hydrogen-bond acceptors (Lipinski definition) is 5. The van der Waals surface area contributed by atoms with Gasteiger partial charge in [0.25, 0.3) is 0 Å². The first-order valence-electron chi connectivity index (χ1n) is 6.80. The molecule has 0 fully saturated rings. The zero-order valence-corrected chi connectivity index (χ0v) is 14.9. The summed E-state index contributed by atoms with van der Waals surface area (Å²) in [6, 6.07) is 3.03. The molecule has 24 heavy (non-hydrogen) atoms. The topological polar surface area (TPSA) is 89.4 Å². The Hall–Kier alpha value is -2.18. The summed E-state index contributed by atoms with van der Waals surface area (Å²) in [6.45, 7) is 5.16. The Morgan fingerprint density at radius 2 is 1.62 bits per heavy atom. The van der Waals surface area contributed by atoms with Crippen molar-refractivity contribution in [1.82, 2.24) is 9.97 Å². The van der Waals surface area contributed by atoms with Crippen molar-refractivity contribution in [2.45, 2.75) is 27.4 Å². The van der Waals surface area contributed by atoms with Crippen LogP contribution in [-0.2, 0) is 16.1 Å². The molecule has 2 aromatic heterocycles. The molecule has 0 unspecified atom stereocenters. The Kier molecular flexibility index (Phi) is 7.61. The Balaban J connectivity index is 0.000000243. The monoisotopic (exact) mass is 370 g/mol. The second-order valence-corrected chi connectivity index (χ2v) is 5.64. The van der Waals surface area contributed by atoms with E-state index in [2.05, 4.69) is 9.97 Å². The van der Waals surface area contributed by atoms with E-state index in [1.807, 2.05) is 6.92 Å². The molecule has 0 spiro atoms. The van der Waals surface area contributed by atoms with Crippen LogP contribution >= 0.6 is 23.2 Å². The summed E-state index contributed by atoms with van der Waals surface area (Å²) in [7, 11) is 0. The van der Waals surface area contributed by atoms with Gasteiger partial charge in [0.1, 0.15) is 12.3 Å². The first-order chi connectivity index (χ1) is 11.2. The lowest BCUT2D eigenvalue weighted by molar-refractivity contribution is -0.142. The van der Waals surface area contributed by atoms with Gasteiger partial charge in [-0.2, -0.15) is 0 Å². The third kappa shape index (κ3) is 6.52. The fourth-order valence-electron chi connectivity index (χ4n) is 1.41. The molecular formula is C16H16Cl2N2O4. The van der Waals surface area contributed by atoms with E-state index in [9.17, 15) is 9.59 Å². The Labute approximate surface area is 149 Å². The number of hydrogen-bond donors (Lipinski definition) is 1. The number of ether oxygens (including phenoxy) is 1. The first-order valence-corrected chi connectivity index (χ1v) is 7.56. The van der Waals surface area contributed by atoms with Crippen LogP contribution in [-0.4, -0.2) is 27.0 Å². The molecule has 0 atom stereocenters. The average molecular weight is 371 g/mol. The van der Waals surface area contributed by atoms with Gasteiger partial charge in [-0.15, -0.1) is 0 Å². The second kappa shape index (κ2) is 9.20. The molecule has 0 amide bonds. The van der Waals surface area contributed by atoms with E-state index >= 15 is 0 Å². The summed E-state index contributed by atoms with van der Waals surface area (Å²) < 4.78 is 4.76. The molecule has 0 aliphatic heterocycles. The van der Waals surface area contributed by atoms with Gasteiger partial charge in [-0.25, -0.2) is 9.78 Å². The number of carboxylic acid groups (broad SMARTS) is 1. The van der Waals surface area contributed by atoms with Gasteiger partial charge in [-0.3, -0.25) is 9.78 Å². The van der Waals surface area contributed by atoms with E-state index in [0.717, 1.165) is 11.1 Å². The van der Waals surface area contributed by atoms with Gasteiger partial charge in [0.2, 0.25) is 0 Å². The van der Waals surface area contributed by atoms with Crippen molar-refractivity contribution in [1.29, 1.82) is 0 Å². The standard InChI is InChI=1S/C9H10ClNO2.C7H6ClNO2/c1-6-4-11-8(3-9(6)10)5-13-7(2)12;1-4-3-9-6(7(10)11)2-5(4)8/h3-4H,5H2,1-2H3;2-3H,1H3,(H,10,11). The van der Waals surface area contributed by atoms with Crippen LogP contribution in [0.15, 0.2) is 24.5 Å². The molecule has 0 saturated carbocycles. The van der Waals surface area contributed by atoms with Crippen LogP contribution in [0.4, 0.5) is 0 Å². The minimum atomic E-state index is -1.06. The maximum Gasteiger partial charge on any atom is 0.354 e. The minimum absolute atomic E-state index is 0.0272. The van der Waals surface area contributed by atoms with Gasteiger partial charge in [-0.05, 0) is 37.1 Å². The van der Waals surface area contributed by atoms with Crippen LogP contribution in [0.3, 0.4) is 0 Å². The molecule has 0 radical (unpaired) electrons. The number of rotatable bonds is 3. The average Bonchev–Trinajstić information content (AvgIpc) is 2.51. The maximum absolute atomic E-state index is 10.5. The van der Waals surface area contributed by atoms with E-state index in [1.165, 1.54) is 19.2 Å². The number of aryl methyl sites for hydroxylation is 2. The summed E-state index contributed by atoms with van der Waals surface area (Å²) in [6.07, 6.45) is 3.09. The van der Waals surface area contributed by atoms with Crippen LogP contribution in [0, 0.1) is 13.8 Å². The zero-order valence-electron chi connectivity index (χ0n) is 13.3. The zero-order chi connectivity index (χ0) is 18.3. The molecule has 0 aliphatic carbocycles. The third-order valence-corrected chi connectivity index (χ3v) is 3.59. The normalized spacial score (nSPS) is 9.71. The number of carbonyl (C=O) groups excluding carboxylic acids is 1. The molecule has 2 aromatic rings. The Morgan fingerprint density at radius 3 is 2.08 bits per heavy atom. The molecule has 128 valence electrons. The predicted molar refractivity (Wildman–Crippen MR) is 90.4 cm³/mol. The maximum atomic E-state index is 10.5. The van der Waals surface area contributed by atoms with E-state index in [0.29, 0.717) is 15.7 Å². The van der Waals surface area contributed by atoms with Crippen molar-refractivity contribution in [3.05, 3.63) is 57.1 Å². The number of aromatic carboxylic acids is 1. The molecule has 8 heteroatoms. The van der Waals surface area contributed by atoms with Crippen molar-refractivity contribution >= 4 is 35.1 Å². The second-order valence-electron chi connectivity index (χ2n) is 4.83. The number of carbonyl (C=O) groups is 2. The Morgan fingerprint density at radius 1 is 1.08 bits per heavy atom. The first kappa shape index (κ1) is 19.9. The Bertz CT molecular complexity index is 751. The summed E-state index contributed by atoms with van der Waals surface area (Å²) >= 11 is 11.5. The fraction of sp³-hybridized carbons (Fsp3) is 0.250. The SMILES string of the molecule is CC(=O)OCc1cc(Cl)c(C)cn1.Cc1cnc(C(=O)O)cc1Cl. The van der Waals surface area contributed by atoms with Gasteiger partial charge in [0.05, 0.1) is 5.69 Å². The van der Waals surface area contributed by atoms with Crippen molar-refractivity contribution in [2.75, 3.05) is 0 Å². The predicted octanol–water partition coefficient (Wildman–Crippen LogP) is 3.85. The van der Waals surface area contributed by atoms with Gasteiger partial charge < -0.3 is 9.84 Å². The summed E-state index contributed by atoms with van der Waals surface area (Å²) in [5.74, 6) is -1.38. The highest BCUT2D eigenvalue weighted by molar-refractivity contribution is 6.31. The van der Waals surface area contributed by atoms with Crippen LogP contribution < -0.4 is 0 Å². The van der Waals surface area contributed by atoms with Crippen molar-refractivity contribution in [3.63, 3.8) is 0 Å². The molecule has 0 saturated heterocycles. The van der Waals surface area contributed by atoms with Crippen LogP contribution in [0.1, 0.15) is 34.2 Å². The third-order valence-electron chi connectivity index (χ3n) is 2.77. The van der Waals surface area contributed by atoms with Crippen LogP contribution in [0.5, 0.6) is 0 Å². The lowest BCUT2D eigenvalue weighted by Gasteiger charge is -2.02. The van der Waals surface area contributed by atoms with Gasteiger partial charge in [-0.1, -0.05) is 23.2 Å². The highest BCUT2D eigenvalue weighted by Gasteiger charge is 2.05. The highest BCUT2D eigenvalue weighted by atomic mass is 35.5. The number of aromatic nitrogens is 2. The number of carboxylic acids is 1. The van der Waals surface area contributed by atoms with Crippen molar-refractivity contribution in [2.24, 2.45) is 0 Å². The fourth-order valence-corrected chi connectivity index (χ4v) is 1.74. The molecule has 2 heterocycles. The lowest BCUT2D eigenvalue weighted by Crippen LogP contribution is -2.00. The molecule has 0 bridgehead atoms. The lowest BCUT2D eigenvalue weighted by atomic mass is 10.3. The highest BCUT2D eigenvalue weighted by Crippen LogP contribution is 2.15. The van der Waals surface area contributed by atoms with Crippen LogP contribution in [0.2, 0.25) is 10.0 Å². The number of esters is 1. The van der Waals surface area contributed by atoms with E-state index in [4.69, 9.17) is 33.0 Å². The van der Waals surface area contributed by atoms with E-state index in [1.54, 1.807) is 19.2 Å². The van der Waals surface area contributed by atoms with E-state index in [-0.39, 0.29) is 18.3 Å². The summed E-state index contributed by atoms with van der Waals surface area (Å²) in [5.41, 5.74) is 2.32.